The summed E-state index contributed by atoms with van der Waals surface area (Å²) >= 11 is 0. The SMILES string of the molecule is C[C@H]1CCC[C@H](C)N1C(=O)Cc1ccc([N+](=O)[O-])cc1. The van der Waals surface area contributed by atoms with E-state index in [9.17, 15) is 14.9 Å². The molecular formula is C15H20N2O3. The molecule has 2 atom stereocenters. The first kappa shape index (κ1) is 14.5. The van der Waals surface area contributed by atoms with Gasteiger partial charge in [0.1, 0.15) is 0 Å². The number of likely N-dealkylation sites (tertiary alicyclic amines) is 1. The Morgan fingerprint density at radius 1 is 1.25 bits per heavy atom. The fraction of sp³-hybridized carbons (Fsp3) is 0.533. The summed E-state index contributed by atoms with van der Waals surface area (Å²) in [6.07, 6.45) is 3.59. The molecule has 5 nitrogen and oxygen atoms in total. The Labute approximate surface area is 118 Å². The van der Waals surface area contributed by atoms with Gasteiger partial charge in [0.15, 0.2) is 0 Å². The molecule has 0 aromatic heterocycles. The summed E-state index contributed by atoms with van der Waals surface area (Å²) in [4.78, 5) is 24.5. The van der Waals surface area contributed by atoms with Crippen molar-refractivity contribution in [2.45, 2.75) is 51.6 Å². The normalized spacial score (nSPS) is 22.6. The minimum Gasteiger partial charge on any atom is -0.337 e. The van der Waals surface area contributed by atoms with E-state index >= 15 is 0 Å². The van der Waals surface area contributed by atoms with Crippen molar-refractivity contribution >= 4 is 11.6 Å². The Hall–Kier alpha value is -1.91. The molecule has 1 aliphatic heterocycles. The fourth-order valence-corrected chi connectivity index (χ4v) is 2.91. The lowest BCUT2D eigenvalue weighted by Gasteiger charge is -2.39. The molecule has 0 unspecified atom stereocenters. The first-order chi connectivity index (χ1) is 9.49. The zero-order chi connectivity index (χ0) is 14.7. The average molecular weight is 276 g/mol. The van der Waals surface area contributed by atoms with E-state index in [1.54, 1.807) is 12.1 Å². The number of amides is 1. The molecule has 108 valence electrons. The second kappa shape index (κ2) is 6.03. The van der Waals surface area contributed by atoms with Gasteiger partial charge in [-0.15, -0.1) is 0 Å². The highest BCUT2D eigenvalue weighted by Gasteiger charge is 2.28. The predicted octanol–water partition coefficient (Wildman–Crippen LogP) is 2.93. The number of benzene rings is 1. The van der Waals surface area contributed by atoms with Crippen LogP contribution >= 0.6 is 0 Å². The standard InChI is InChI=1S/C15H20N2O3/c1-11-4-3-5-12(2)16(11)15(18)10-13-6-8-14(9-7-13)17(19)20/h6-9,11-12H,3-5,10H2,1-2H3/t11-,12-/m0/s1. The van der Waals surface area contributed by atoms with E-state index in [1.165, 1.54) is 18.6 Å². The fourth-order valence-electron chi connectivity index (χ4n) is 2.91. The lowest BCUT2D eigenvalue weighted by molar-refractivity contribution is -0.384. The monoisotopic (exact) mass is 276 g/mol. The van der Waals surface area contributed by atoms with Crippen molar-refractivity contribution in [3.05, 3.63) is 39.9 Å². The van der Waals surface area contributed by atoms with Crippen molar-refractivity contribution in [1.82, 2.24) is 4.90 Å². The number of nitrogens with zero attached hydrogens (tertiary/aromatic N) is 2. The summed E-state index contributed by atoms with van der Waals surface area (Å²) in [6.45, 7) is 4.17. The van der Waals surface area contributed by atoms with E-state index in [0.717, 1.165) is 18.4 Å². The highest BCUT2D eigenvalue weighted by molar-refractivity contribution is 5.79. The molecule has 1 aromatic carbocycles. The van der Waals surface area contributed by atoms with Crippen LogP contribution in [0.5, 0.6) is 0 Å². The van der Waals surface area contributed by atoms with Crippen LogP contribution in [0.1, 0.15) is 38.7 Å². The number of carbonyl (C=O) groups excluding carboxylic acids is 1. The van der Waals surface area contributed by atoms with Gasteiger partial charge in [0.25, 0.3) is 5.69 Å². The van der Waals surface area contributed by atoms with E-state index in [2.05, 4.69) is 13.8 Å². The zero-order valence-electron chi connectivity index (χ0n) is 11.9. The molecule has 0 aliphatic carbocycles. The molecule has 1 saturated heterocycles. The Kier molecular flexibility index (Phi) is 4.37. The first-order valence-corrected chi connectivity index (χ1v) is 7.03. The molecule has 5 heteroatoms. The van der Waals surface area contributed by atoms with E-state index in [4.69, 9.17) is 0 Å². The van der Waals surface area contributed by atoms with Crippen LogP contribution in [0.4, 0.5) is 5.69 Å². The van der Waals surface area contributed by atoms with Crippen molar-refractivity contribution in [2.75, 3.05) is 0 Å². The summed E-state index contributed by atoms with van der Waals surface area (Å²) < 4.78 is 0. The Bertz CT molecular complexity index is 488. The van der Waals surface area contributed by atoms with Gasteiger partial charge in [0.05, 0.1) is 11.3 Å². The van der Waals surface area contributed by atoms with Crippen LogP contribution < -0.4 is 0 Å². The Morgan fingerprint density at radius 2 is 1.80 bits per heavy atom. The van der Waals surface area contributed by atoms with Gasteiger partial charge in [-0.3, -0.25) is 14.9 Å². The zero-order valence-corrected chi connectivity index (χ0v) is 11.9. The Balaban J connectivity index is 2.05. The molecule has 1 amide bonds. The van der Waals surface area contributed by atoms with Crippen LogP contribution in [0.25, 0.3) is 0 Å². The van der Waals surface area contributed by atoms with Crippen molar-refractivity contribution < 1.29 is 9.72 Å². The largest absolute Gasteiger partial charge is 0.337 e. The number of hydrogen-bond acceptors (Lipinski definition) is 3. The Morgan fingerprint density at radius 3 is 2.30 bits per heavy atom. The highest BCUT2D eigenvalue weighted by atomic mass is 16.6. The third-order valence-electron chi connectivity index (χ3n) is 3.98. The third kappa shape index (κ3) is 3.15. The van der Waals surface area contributed by atoms with E-state index in [-0.39, 0.29) is 23.7 Å². The van der Waals surface area contributed by atoms with Gasteiger partial charge in [-0.05, 0) is 38.7 Å². The number of hydrogen-bond donors (Lipinski definition) is 0. The van der Waals surface area contributed by atoms with Crippen molar-refractivity contribution in [3.8, 4) is 0 Å². The lowest BCUT2D eigenvalue weighted by Crippen LogP contribution is -2.48. The number of non-ortho nitro benzene ring substituents is 1. The first-order valence-electron chi connectivity index (χ1n) is 7.03. The molecule has 0 spiro atoms. The number of rotatable bonds is 3. The number of piperidine rings is 1. The minimum absolute atomic E-state index is 0.0564. The lowest BCUT2D eigenvalue weighted by atomic mass is 9.96. The predicted molar refractivity (Wildman–Crippen MR) is 76.4 cm³/mol. The van der Waals surface area contributed by atoms with Crippen LogP contribution in [0.2, 0.25) is 0 Å². The maximum absolute atomic E-state index is 12.4. The topological polar surface area (TPSA) is 63.5 Å². The van der Waals surface area contributed by atoms with Crippen LogP contribution in [-0.2, 0) is 11.2 Å². The van der Waals surface area contributed by atoms with Crippen LogP contribution in [0, 0.1) is 10.1 Å². The second-order valence-electron chi connectivity index (χ2n) is 5.53. The highest BCUT2D eigenvalue weighted by Crippen LogP contribution is 2.23. The molecule has 1 aliphatic rings. The molecule has 1 fully saturated rings. The molecule has 2 rings (SSSR count). The molecule has 1 aromatic rings. The van der Waals surface area contributed by atoms with Gasteiger partial charge >= 0.3 is 0 Å². The average Bonchev–Trinajstić information content (AvgIpc) is 2.39. The van der Waals surface area contributed by atoms with Gasteiger partial charge in [0, 0.05) is 24.2 Å². The molecule has 0 saturated carbocycles. The van der Waals surface area contributed by atoms with Crippen molar-refractivity contribution in [2.24, 2.45) is 0 Å². The van der Waals surface area contributed by atoms with Gasteiger partial charge in [-0.1, -0.05) is 12.1 Å². The quantitative estimate of drug-likeness (QED) is 0.630. The molecule has 0 N–H and O–H groups in total. The minimum atomic E-state index is -0.430. The van der Waals surface area contributed by atoms with Crippen LogP contribution in [0.3, 0.4) is 0 Å². The smallest absolute Gasteiger partial charge is 0.269 e. The molecule has 0 radical (unpaired) electrons. The maximum atomic E-state index is 12.4. The molecule has 0 bridgehead atoms. The number of nitro benzene ring substituents is 1. The van der Waals surface area contributed by atoms with Crippen LogP contribution in [-0.4, -0.2) is 27.8 Å². The summed E-state index contributed by atoms with van der Waals surface area (Å²) in [5.41, 5.74) is 0.881. The van der Waals surface area contributed by atoms with E-state index in [1.807, 2.05) is 4.90 Å². The molecule has 20 heavy (non-hydrogen) atoms. The summed E-state index contributed by atoms with van der Waals surface area (Å²) in [5, 5.41) is 10.6. The molecule has 1 heterocycles. The summed E-state index contributed by atoms with van der Waals surface area (Å²) in [5.74, 6) is 0.110. The van der Waals surface area contributed by atoms with E-state index < -0.39 is 4.92 Å². The molecular weight excluding hydrogens is 256 g/mol. The van der Waals surface area contributed by atoms with E-state index in [0.29, 0.717) is 6.42 Å². The van der Waals surface area contributed by atoms with Gasteiger partial charge in [0.2, 0.25) is 5.91 Å². The van der Waals surface area contributed by atoms with Gasteiger partial charge in [-0.2, -0.15) is 0 Å². The number of nitro groups is 1. The second-order valence-corrected chi connectivity index (χ2v) is 5.53. The third-order valence-corrected chi connectivity index (χ3v) is 3.98. The number of carbonyl (C=O) groups is 1. The van der Waals surface area contributed by atoms with Gasteiger partial charge < -0.3 is 4.90 Å². The summed E-state index contributed by atoms with van der Waals surface area (Å²) in [6, 6.07) is 6.79. The van der Waals surface area contributed by atoms with Crippen molar-refractivity contribution in [1.29, 1.82) is 0 Å². The van der Waals surface area contributed by atoms with Crippen molar-refractivity contribution in [3.63, 3.8) is 0 Å². The maximum Gasteiger partial charge on any atom is 0.269 e. The van der Waals surface area contributed by atoms with Gasteiger partial charge in [-0.25, -0.2) is 0 Å². The summed E-state index contributed by atoms with van der Waals surface area (Å²) in [7, 11) is 0. The van der Waals surface area contributed by atoms with Crippen LogP contribution in [0.15, 0.2) is 24.3 Å².